The number of anilines is 1. The molecule has 0 spiro atoms. The highest BCUT2D eigenvalue weighted by Crippen LogP contribution is 2.37. The number of halogens is 2. The summed E-state index contributed by atoms with van der Waals surface area (Å²) in [7, 11) is 2.02. The van der Waals surface area contributed by atoms with Crippen LogP contribution in [0.15, 0.2) is 48.5 Å². The molecule has 2 aromatic rings. The Balaban J connectivity index is 1.98. The number of hydrogen-bond acceptors (Lipinski definition) is 5. The zero-order valence-corrected chi connectivity index (χ0v) is 14.2. The van der Waals surface area contributed by atoms with Gasteiger partial charge in [0.1, 0.15) is 0 Å². The summed E-state index contributed by atoms with van der Waals surface area (Å²) in [6.45, 7) is -0.902. The van der Waals surface area contributed by atoms with Crippen LogP contribution < -0.4 is 9.64 Å². The summed E-state index contributed by atoms with van der Waals surface area (Å²) in [6.07, 6.45) is 0. The van der Waals surface area contributed by atoms with Crippen molar-refractivity contribution in [1.82, 2.24) is 4.90 Å². The van der Waals surface area contributed by atoms with Gasteiger partial charge in [-0.15, -0.1) is 0 Å². The quantitative estimate of drug-likeness (QED) is 0.599. The van der Waals surface area contributed by atoms with E-state index in [1.165, 1.54) is 12.1 Å². The average Bonchev–Trinajstić information content (AvgIpc) is 2.61. The molecule has 1 unspecified atom stereocenters. The molecule has 0 bridgehead atoms. The molecule has 1 heterocycles. The molecule has 0 aromatic heterocycles. The van der Waals surface area contributed by atoms with Crippen molar-refractivity contribution in [3.63, 3.8) is 0 Å². The normalized spacial score (nSPS) is 18.2. The first-order valence-electron chi connectivity index (χ1n) is 8.19. The molecule has 3 rings (SSSR count). The lowest BCUT2D eigenvalue weighted by atomic mass is 10.0. The minimum atomic E-state index is -3.12. The fourth-order valence-corrected chi connectivity index (χ4v) is 3.21. The van der Waals surface area contributed by atoms with Gasteiger partial charge >= 0.3 is 12.3 Å². The zero-order valence-electron chi connectivity index (χ0n) is 14.2. The molecule has 0 N–H and O–H groups in total. The molecule has 6 nitrogen and oxygen atoms in total. The molecular weight excluding hydrogens is 344 g/mol. The van der Waals surface area contributed by atoms with E-state index in [9.17, 15) is 18.9 Å². The predicted molar refractivity (Wildman–Crippen MR) is 93.8 cm³/mol. The number of rotatable bonds is 5. The van der Waals surface area contributed by atoms with Gasteiger partial charge in [0.05, 0.1) is 11.0 Å². The van der Waals surface area contributed by atoms with E-state index in [-0.39, 0.29) is 6.04 Å². The average molecular weight is 363 g/mol. The number of hydrogen-bond donors (Lipinski definition) is 0. The van der Waals surface area contributed by atoms with Crippen molar-refractivity contribution in [3.8, 4) is 5.75 Å². The number of alkyl halides is 2. The topological polar surface area (TPSA) is 58.9 Å². The standard InChI is InChI=1S/C18H19F2N3O3/c1-21-9-10-22(16(12-21)13-5-3-2-4-6-13)14-7-8-15(23(24)25)17(11-14)26-18(19)20/h2-8,11,16,18H,9-10,12H2,1H3. The minimum absolute atomic E-state index is 0.0100. The summed E-state index contributed by atoms with van der Waals surface area (Å²) in [5.74, 6) is -0.423. The Kier molecular flexibility index (Phi) is 5.32. The van der Waals surface area contributed by atoms with E-state index in [1.54, 1.807) is 6.07 Å². The molecule has 1 aliphatic rings. The third-order valence-corrected chi connectivity index (χ3v) is 4.46. The van der Waals surface area contributed by atoms with E-state index in [4.69, 9.17) is 0 Å². The van der Waals surface area contributed by atoms with Crippen LogP contribution >= 0.6 is 0 Å². The number of benzene rings is 2. The minimum Gasteiger partial charge on any atom is -0.427 e. The Morgan fingerprint density at radius 1 is 1.19 bits per heavy atom. The molecule has 1 fully saturated rings. The molecule has 0 amide bonds. The fourth-order valence-electron chi connectivity index (χ4n) is 3.21. The van der Waals surface area contributed by atoms with Crippen molar-refractivity contribution in [2.75, 3.05) is 31.6 Å². The number of ether oxygens (including phenoxy) is 1. The van der Waals surface area contributed by atoms with E-state index in [0.29, 0.717) is 12.2 Å². The van der Waals surface area contributed by atoms with Gasteiger partial charge in [-0.1, -0.05) is 30.3 Å². The Bertz CT molecular complexity index is 774. The van der Waals surface area contributed by atoms with Crippen molar-refractivity contribution >= 4 is 11.4 Å². The maximum absolute atomic E-state index is 12.7. The number of nitro groups is 1. The van der Waals surface area contributed by atoms with Gasteiger partial charge in [-0.25, -0.2) is 0 Å². The van der Waals surface area contributed by atoms with Gasteiger partial charge in [0.25, 0.3) is 0 Å². The lowest BCUT2D eigenvalue weighted by molar-refractivity contribution is -0.386. The van der Waals surface area contributed by atoms with Crippen LogP contribution in [0, 0.1) is 10.1 Å². The number of likely N-dealkylation sites (N-methyl/N-ethyl adjacent to an activating group) is 1. The monoisotopic (exact) mass is 363 g/mol. The highest BCUT2D eigenvalue weighted by molar-refractivity contribution is 5.60. The van der Waals surface area contributed by atoms with Crippen molar-refractivity contribution in [2.24, 2.45) is 0 Å². The molecule has 1 atom stereocenters. The lowest BCUT2D eigenvalue weighted by Crippen LogP contribution is -2.46. The first-order valence-corrected chi connectivity index (χ1v) is 8.19. The van der Waals surface area contributed by atoms with E-state index in [2.05, 4.69) is 14.5 Å². The first-order chi connectivity index (χ1) is 12.5. The van der Waals surface area contributed by atoms with E-state index >= 15 is 0 Å². The van der Waals surface area contributed by atoms with Crippen LogP contribution in [0.2, 0.25) is 0 Å². The van der Waals surface area contributed by atoms with Crippen molar-refractivity contribution in [2.45, 2.75) is 12.7 Å². The molecule has 0 aliphatic carbocycles. The summed E-state index contributed by atoms with van der Waals surface area (Å²) in [5.41, 5.74) is 1.24. The van der Waals surface area contributed by atoms with Crippen molar-refractivity contribution in [3.05, 3.63) is 64.2 Å². The molecule has 0 saturated carbocycles. The Morgan fingerprint density at radius 2 is 1.92 bits per heavy atom. The van der Waals surface area contributed by atoms with Crippen LogP contribution in [0.4, 0.5) is 20.2 Å². The third kappa shape index (κ3) is 3.91. The SMILES string of the molecule is CN1CCN(c2ccc([N+](=O)[O-])c(OC(F)F)c2)C(c2ccccc2)C1. The summed E-state index contributed by atoms with van der Waals surface area (Å²) in [6, 6.07) is 14.0. The number of piperazine rings is 1. The van der Waals surface area contributed by atoms with E-state index in [0.717, 1.165) is 18.7 Å². The summed E-state index contributed by atoms with van der Waals surface area (Å²) in [5, 5.41) is 11.1. The van der Waals surface area contributed by atoms with Crippen LogP contribution in [-0.4, -0.2) is 43.1 Å². The highest BCUT2D eigenvalue weighted by Gasteiger charge is 2.29. The molecule has 1 aliphatic heterocycles. The van der Waals surface area contributed by atoms with Crippen LogP contribution in [0.1, 0.15) is 11.6 Å². The molecule has 138 valence electrons. The van der Waals surface area contributed by atoms with Crippen molar-refractivity contribution < 1.29 is 18.4 Å². The first kappa shape index (κ1) is 18.1. The lowest BCUT2D eigenvalue weighted by Gasteiger charge is -2.42. The summed E-state index contributed by atoms with van der Waals surface area (Å²) < 4.78 is 29.7. The van der Waals surface area contributed by atoms with Crippen LogP contribution in [0.25, 0.3) is 0 Å². The second-order valence-electron chi connectivity index (χ2n) is 6.17. The molecule has 8 heteroatoms. The zero-order chi connectivity index (χ0) is 18.7. The fraction of sp³-hybridized carbons (Fsp3) is 0.333. The largest absolute Gasteiger partial charge is 0.427 e. The smallest absolute Gasteiger partial charge is 0.387 e. The second-order valence-corrected chi connectivity index (χ2v) is 6.17. The molecule has 0 radical (unpaired) electrons. The van der Waals surface area contributed by atoms with Gasteiger partial charge in [0.2, 0.25) is 5.75 Å². The maximum Gasteiger partial charge on any atom is 0.387 e. The van der Waals surface area contributed by atoms with Gasteiger partial charge in [-0.2, -0.15) is 8.78 Å². The van der Waals surface area contributed by atoms with Gasteiger partial charge < -0.3 is 14.5 Å². The molecular formula is C18H19F2N3O3. The van der Waals surface area contributed by atoms with Gasteiger partial charge in [-0.05, 0) is 18.7 Å². The Morgan fingerprint density at radius 3 is 2.58 bits per heavy atom. The van der Waals surface area contributed by atoms with Crippen molar-refractivity contribution in [1.29, 1.82) is 0 Å². The van der Waals surface area contributed by atoms with Gasteiger partial charge in [0.15, 0.2) is 0 Å². The molecule has 1 saturated heterocycles. The number of nitro benzene ring substituents is 1. The predicted octanol–water partition coefficient (Wildman–Crippen LogP) is 3.69. The van der Waals surface area contributed by atoms with E-state index in [1.807, 2.05) is 37.4 Å². The van der Waals surface area contributed by atoms with Crippen LogP contribution in [0.5, 0.6) is 5.75 Å². The van der Waals surface area contributed by atoms with Crippen LogP contribution in [-0.2, 0) is 0 Å². The molecule has 2 aromatic carbocycles. The molecule has 26 heavy (non-hydrogen) atoms. The van der Waals surface area contributed by atoms with Crippen LogP contribution in [0.3, 0.4) is 0 Å². The summed E-state index contributed by atoms with van der Waals surface area (Å²) >= 11 is 0. The highest BCUT2D eigenvalue weighted by atomic mass is 19.3. The summed E-state index contributed by atoms with van der Waals surface area (Å²) in [4.78, 5) is 14.6. The van der Waals surface area contributed by atoms with E-state index < -0.39 is 23.0 Å². The maximum atomic E-state index is 12.7. The Hall–Kier alpha value is -2.74. The number of nitrogens with zero attached hydrogens (tertiary/aromatic N) is 3. The Labute approximate surface area is 149 Å². The third-order valence-electron chi connectivity index (χ3n) is 4.46. The van der Waals surface area contributed by atoms with Gasteiger partial charge in [-0.3, -0.25) is 10.1 Å². The second kappa shape index (κ2) is 7.65. The van der Waals surface area contributed by atoms with Gasteiger partial charge in [0, 0.05) is 37.5 Å².